The number of rotatable bonds is 5. The van der Waals surface area contributed by atoms with Gasteiger partial charge in [0.1, 0.15) is 18.2 Å². The lowest BCUT2D eigenvalue weighted by molar-refractivity contribution is 0.331. The Morgan fingerprint density at radius 2 is 2.35 bits per heavy atom. The molecule has 2 rings (SSSR count). The fourth-order valence-corrected chi connectivity index (χ4v) is 2.01. The Hall–Kier alpha value is -1.62. The predicted octanol–water partition coefficient (Wildman–Crippen LogP) is 3.08. The van der Waals surface area contributed by atoms with Crippen LogP contribution in [-0.2, 0) is 0 Å². The maximum absolute atomic E-state index is 12.8. The molecule has 2 aromatic rings. The van der Waals surface area contributed by atoms with E-state index in [9.17, 15) is 4.39 Å². The summed E-state index contributed by atoms with van der Waals surface area (Å²) in [5, 5.41) is 4.02. The van der Waals surface area contributed by atoms with Crippen LogP contribution in [-0.4, -0.2) is 18.1 Å². The predicted molar refractivity (Wildman–Crippen MR) is 67.2 cm³/mol. The van der Waals surface area contributed by atoms with Crippen molar-refractivity contribution in [3.63, 3.8) is 0 Å². The van der Waals surface area contributed by atoms with Crippen molar-refractivity contribution in [3.05, 3.63) is 41.2 Å². The van der Waals surface area contributed by atoms with Crippen molar-refractivity contribution in [2.24, 2.45) is 0 Å². The first kappa shape index (κ1) is 11.9. The van der Waals surface area contributed by atoms with Crippen molar-refractivity contribution in [2.45, 2.75) is 6.92 Å². The zero-order chi connectivity index (χ0) is 12.1. The molecule has 0 aliphatic heterocycles. The summed E-state index contributed by atoms with van der Waals surface area (Å²) in [6.07, 6.45) is 1.82. The normalized spacial score (nSPS) is 10.2. The van der Waals surface area contributed by atoms with Gasteiger partial charge in [-0.25, -0.2) is 9.37 Å². The van der Waals surface area contributed by atoms with E-state index >= 15 is 0 Å². The third-order valence-electron chi connectivity index (χ3n) is 2.06. The monoisotopic (exact) mass is 252 g/mol. The Balaban J connectivity index is 1.73. The molecule has 0 atom stereocenters. The Bertz CT molecular complexity index is 487. The summed E-state index contributed by atoms with van der Waals surface area (Å²) in [6.45, 7) is 3.12. The van der Waals surface area contributed by atoms with Gasteiger partial charge in [0.25, 0.3) is 0 Å². The van der Waals surface area contributed by atoms with E-state index in [1.807, 2.05) is 13.1 Å². The van der Waals surface area contributed by atoms with Crippen LogP contribution in [0.3, 0.4) is 0 Å². The standard InChI is InChI=1S/C12H13FN2OS/c1-9-8-15-12(17-9)14-5-6-16-11-4-2-3-10(13)7-11/h2-4,7-8H,5-6H2,1H3,(H,14,15). The molecule has 90 valence electrons. The first-order valence-electron chi connectivity index (χ1n) is 5.29. The maximum Gasteiger partial charge on any atom is 0.182 e. The van der Waals surface area contributed by atoms with Crippen LogP contribution < -0.4 is 10.1 Å². The van der Waals surface area contributed by atoms with Gasteiger partial charge in [0.2, 0.25) is 0 Å². The highest BCUT2D eigenvalue weighted by Crippen LogP contribution is 2.16. The molecule has 0 amide bonds. The van der Waals surface area contributed by atoms with Gasteiger partial charge in [0.05, 0.1) is 6.54 Å². The van der Waals surface area contributed by atoms with E-state index in [-0.39, 0.29) is 5.82 Å². The second-order valence-corrected chi connectivity index (χ2v) is 4.74. The highest BCUT2D eigenvalue weighted by Gasteiger charge is 1.98. The Morgan fingerprint density at radius 1 is 1.47 bits per heavy atom. The lowest BCUT2D eigenvalue weighted by Crippen LogP contribution is -2.11. The number of hydrogen-bond donors (Lipinski definition) is 1. The Morgan fingerprint density at radius 3 is 3.06 bits per heavy atom. The highest BCUT2D eigenvalue weighted by molar-refractivity contribution is 7.15. The van der Waals surface area contributed by atoms with E-state index in [4.69, 9.17) is 4.74 Å². The molecular formula is C12H13FN2OS. The van der Waals surface area contributed by atoms with Gasteiger partial charge in [-0.05, 0) is 19.1 Å². The van der Waals surface area contributed by atoms with Crippen LogP contribution in [0.4, 0.5) is 9.52 Å². The van der Waals surface area contributed by atoms with Crippen LogP contribution >= 0.6 is 11.3 Å². The van der Waals surface area contributed by atoms with Gasteiger partial charge in [-0.3, -0.25) is 0 Å². The van der Waals surface area contributed by atoms with Gasteiger partial charge in [-0.2, -0.15) is 0 Å². The molecule has 1 heterocycles. The fourth-order valence-electron chi connectivity index (χ4n) is 1.32. The lowest BCUT2D eigenvalue weighted by atomic mass is 10.3. The summed E-state index contributed by atoms with van der Waals surface area (Å²) in [6, 6.07) is 6.12. The van der Waals surface area contributed by atoms with Crippen molar-refractivity contribution < 1.29 is 9.13 Å². The van der Waals surface area contributed by atoms with Crippen LogP contribution in [0.2, 0.25) is 0 Å². The summed E-state index contributed by atoms with van der Waals surface area (Å²) in [5.41, 5.74) is 0. The molecule has 1 N–H and O–H groups in total. The van der Waals surface area contributed by atoms with Crippen LogP contribution in [0.5, 0.6) is 5.75 Å². The van der Waals surface area contributed by atoms with Crippen LogP contribution in [0.25, 0.3) is 0 Å². The van der Waals surface area contributed by atoms with Gasteiger partial charge in [-0.1, -0.05) is 6.07 Å². The number of anilines is 1. The smallest absolute Gasteiger partial charge is 0.182 e. The maximum atomic E-state index is 12.8. The number of hydrogen-bond acceptors (Lipinski definition) is 4. The molecule has 0 bridgehead atoms. The number of nitrogens with one attached hydrogen (secondary N) is 1. The van der Waals surface area contributed by atoms with Crippen LogP contribution in [0.1, 0.15) is 4.88 Å². The van der Waals surface area contributed by atoms with E-state index in [2.05, 4.69) is 10.3 Å². The fraction of sp³-hybridized carbons (Fsp3) is 0.250. The molecule has 1 aromatic carbocycles. The van der Waals surface area contributed by atoms with E-state index in [0.29, 0.717) is 18.9 Å². The minimum atomic E-state index is -0.286. The molecule has 5 heteroatoms. The number of thiazole rings is 1. The molecule has 0 saturated carbocycles. The zero-order valence-corrected chi connectivity index (χ0v) is 10.3. The molecule has 0 unspecified atom stereocenters. The topological polar surface area (TPSA) is 34.2 Å². The lowest BCUT2D eigenvalue weighted by Gasteiger charge is -2.06. The molecule has 1 aromatic heterocycles. The van der Waals surface area contributed by atoms with Crippen LogP contribution in [0.15, 0.2) is 30.5 Å². The summed E-state index contributed by atoms with van der Waals surface area (Å²) in [7, 11) is 0. The van der Waals surface area contributed by atoms with Crippen molar-refractivity contribution in [2.75, 3.05) is 18.5 Å². The van der Waals surface area contributed by atoms with Gasteiger partial charge >= 0.3 is 0 Å². The molecule has 3 nitrogen and oxygen atoms in total. The number of aromatic nitrogens is 1. The van der Waals surface area contributed by atoms with Gasteiger partial charge in [-0.15, -0.1) is 11.3 Å². The summed E-state index contributed by atoms with van der Waals surface area (Å²) in [5.74, 6) is 0.258. The van der Waals surface area contributed by atoms with Crippen molar-refractivity contribution in [3.8, 4) is 5.75 Å². The van der Waals surface area contributed by atoms with Crippen molar-refractivity contribution in [1.29, 1.82) is 0 Å². The van der Waals surface area contributed by atoms with E-state index in [1.54, 1.807) is 23.5 Å². The first-order chi connectivity index (χ1) is 8.24. The second-order valence-electron chi connectivity index (χ2n) is 3.51. The van der Waals surface area contributed by atoms with Crippen molar-refractivity contribution >= 4 is 16.5 Å². The minimum absolute atomic E-state index is 0.286. The SMILES string of the molecule is Cc1cnc(NCCOc2cccc(F)c2)s1. The van der Waals surface area contributed by atoms with E-state index in [0.717, 1.165) is 5.13 Å². The summed E-state index contributed by atoms with van der Waals surface area (Å²) < 4.78 is 18.2. The zero-order valence-electron chi connectivity index (χ0n) is 9.44. The largest absolute Gasteiger partial charge is 0.492 e. The quantitative estimate of drug-likeness (QED) is 0.830. The molecule has 0 radical (unpaired) electrons. The van der Waals surface area contributed by atoms with Gasteiger partial charge in [0, 0.05) is 17.1 Å². The van der Waals surface area contributed by atoms with Crippen molar-refractivity contribution in [1.82, 2.24) is 4.98 Å². The average molecular weight is 252 g/mol. The summed E-state index contributed by atoms with van der Waals surface area (Å²) >= 11 is 1.60. The van der Waals surface area contributed by atoms with Gasteiger partial charge in [0.15, 0.2) is 5.13 Å². The molecule has 0 fully saturated rings. The number of ether oxygens (including phenoxy) is 1. The average Bonchev–Trinajstić information content (AvgIpc) is 2.71. The van der Waals surface area contributed by atoms with E-state index in [1.165, 1.54) is 17.0 Å². The number of halogens is 1. The van der Waals surface area contributed by atoms with E-state index < -0.39 is 0 Å². The molecule has 0 aliphatic rings. The molecule has 0 aliphatic carbocycles. The number of benzene rings is 1. The Kier molecular flexibility index (Phi) is 3.93. The minimum Gasteiger partial charge on any atom is -0.492 e. The highest BCUT2D eigenvalue weighted by atomic mass is 32.1. The molecule has 0 spiro atoms. The Labute approximate surface area is 103 Å². The third kappa shape index (κ3) is 3.71. The number of nitrogens with zero attached hydrogens (tertiary/aromatic N) is 1. The first-order valence-corrected chi connectivity index (χ1v) is 6.10. The molecular weight excluding hydrogens is 239 g/mol. The number of aryl methyl sites for hydroxylation is 1. The van der Waals surface area contributed by atoms with Gasteiger partial charge < -0.3 is 10.1 Å². The second kappa shape index (κ2) is 5.63. The molecule has 0 saturated heterocycles. The molecule has 17 heavy (non-hydrogen) atoms. The third-order valence-corrected chi connectivity index (χ3v) is 2.93. The van der Waals surface area contributed by atoms with Crippen LogP contribution in [0, 0.1) is 12.7 Å². The summed E-state index contributed by atoms with van der Waals surface area (Å²) in [4.78, 5) is 5.33.